The van der Waals surface area contributed by atoms with Crippen LogP contribution in [-0.4, -0.2) is 49.9 Å². The molecule has 0 spiro atoms. The molecule has 0 aliphatic carbocycles. The molecule has 18 heavy (non-hydrogen) atoms. The number of fused-ring (bicyclic) bond motifs is 1. The van der Waals surface area contributed by atoms with Crippen molar-refractivity contribution in [3.8, 4) is 0 Å². The summed E-state index contributed by atoms with van der Waals surface area (Å²) in [5, 5.41) is -0.440. The molecule has 2 aliphatic heterocycles. The summed E-state index contributed by atoms with van der Waals surface area (Å²) >= 11 is 0. The van der Waals surface area contributed by atoms with E-state index in [9.17, 15) is 13.2 Å². The zero-order valence-corrected chi connectivity index (χ0v) is 11.7. The minimum atomic E-state index is -3.09. The first kappa shape index (κ1) is 13.8. The van der Waals surface area contributed by atoms with Gasteiger partial charge >= 0.3 is 0 Å². The zero-order chi connectivity index (χ0) is 13.4. The molecular formula is C12H22N2O3S. The summed E-state index contributed by atoms with van der Waals surface area (Å²) in [4.78, 5) is 13.7. The van der Waals surface area contributed by atoms with E-state index in [1.165, 1.54) is 0 Å². The van der Waals surface area contributed by atoms with Crippen molar-refractivity contribution in [1.29, 1.82) is 0 Å². The fraction of sp³-hybridized carbons (Fsp3) is 0.917. The maximum atomic E-state index is 12.2. The van der Waals surface area contributed by atoms with Crippen molar-refractivity contribution in [2.24, 2.45) is 11.1 Å². The second-order valence-corrected chi connectivity index (χ2v) is 7.85. The third kappa shape index (κ3) is 2.16. The molecule has 0 aromatic carbocycles. The van der Waals surface area contributed by atoms with E-state index >= 15 is 0 Å². The summed E-state index contributed by atoms with van der Waals surface area (Å²) in [6.07, 6.45) is 2.78. The van der Waals surface area contributed by atoms with Gasteiger partial charge in [0.1, 0.15) is 0 Å². The Labute approximate surface area is 109 Å². The Morgan fingerprint density at radius 1 is 1.50 bits per heavy atom. The Morgan fingerprint density at radius 2 is 2.22 bits per heavy atom. The summed E-state index contributed by atoms with van der Waals surface area (Å²) < 4.78 is 24.3. The number of amides is 1. The molecule has 0 radical (unpaired) electrons. The Kier molecular flexibility index (Phi) is 3.69. The largest absolute Gasteiger partial charge is 0.341 e. The molecule has 2 saturated heterocycles. The van der Waals surface area contributed by atoms with Crippen molar-refractivity contribution < 1.29 is 13.2 Å². The summed E-state index contributed by atoms with van der Waals surface area (Å²) in [7, 11) is -3.09. The van der Waals surface area contributed by atoms with Crippen LogP contribution in [0.4, 0.5) is 0 Å². The normalized spacial score (nSPS) is 34.3. The highest BCUT2D eigenvalue weighted by molar-refractivity contribution is 7.92. The molecule has 2 unspecified atom stereocenters. The van der Waals surface area contributed by atoms with Crippen LogP contribution in [0.2, 0.25) is 0 Å². The second-order valence-electron chi connectivity index (χ2n) is 5.55. The predicted molar refractivity (Wildman–Crippen MR) is 69.8 cm³/mol. The van der Waals surface area contributed by atoms with Crippen LogP contribution < -0.4 is 5.73 Å². The van der Waals surface area contributed by atoms with Gasteiger partial charge in [-0.15, -0.1) is 0 Å². The summed E-state index contributed by atoms with van der Waals surface area (Å²) in [5.74, 6) is 0.310. The average molecular weight is 274 g/mol. The molecule has 0 bridgehead atoms. The van der Waals surface area contributed by atoms with E-state index in [2.05, 4.69) is 0 Å². The number of sulfone groups is 1. The van der Waals surface area contributed by atoms with Crippen molar-refractivity contribution in [1.82, 2.24) is 4.90 Å². The van der Waals surface area contributed by atoms with Crippen LogP contribution in [0.3, 0.4) is 0 Å². The van der Waals surface area contributed by atoms with E-state index in [1.54, 1.807) is 4.90 Å². The van der Waals surface area contributed by atoms with Gasteiger partial charge in [0, 0.05) is 31.5 Å². The van der Waals surface area contributed by atoms with Gasteiger partial charge in [-0.25, -0.2) is 8.42 Å². The zero-order valence-electron chi connectivity index (χ0n) is 10.9. The van der Waals surface area contributed by atoms with Crippen LogP contribution in [-0.2, 0) is 14.6 Å². The fourth-order valence-electron chi connectivity index (χ4n) is 3.30. The first-order chi connectivity index (χ1) is 8.45. The van der Waals surface area contributed by atoms with Gasteiger partial charge in [-0.3, -0.25) is 4.79 Å². The van der Waals surface area contributed by atoms with E-state index in [-0.39, 0.29) is 17.1 Å². The minimum Gasteiger partial charge on any atom is -0.341 e. The Bertz CT molecular complexity index is 435. The van der Waals surface area contributed by atoms with Crippen molar-refractivity contribution in [2.75, 3.05) is 25.4 Å². The van der Waals surface area contributed by atoms with Crippen LogP contribution in [0.5, 0.6) is 0 Å². The predicted octanol–water partition coefficient (Wildman–Crippen LogP) is 0.151. The van der Waals surface area contributed by atoms with Crippen LogP contribution >= 0.6 is 0 Å². The molecule has 2 aliphatic rings. The molecule has 0 aromatic heterocycles. The molecule has 2 fully saturated rings. The van der Waals surface area contributed by atoms with E-state index in [0.29, 0.717) is 32.5 Å². The van der Waals surface area contributed by atoms with Gasteiger partial charge in [0.25, 0.3) is 0 Å². The molecule has 1 amide bonds. The lowest BCUT2D eigenvalue weighted by Gasteiger charge is -2.36. The van der Waals surface area contributed by atoms with Gasteiger partial charge in [-0.05, 0) is 19.3 Å². The first-order valence-corrected chi connectivity index (χ1v) is 8.36. The van der Waals surface area contributed by atoms with Gasteiger partial charge in [0.2, 0.25) is 5.91 Å². The van der Waals surface area contributed by atoms with Gasteiger partial charge in [-0.1, -0.05) is 6.92 Å². The standard InChI is InChI=1S/C12H22N2O3S/c1-2-4-11(15)14-7-10-12(8-13,9-14)5-3-6-18(10,16)17/h10H,2-9,13H2,1H3. The topological polar surface area (TPSA) is 80.5 Å². The Hall–Kier alpha value is -0.620. The highest BCUT2D eigenvalue weighted by Crippen LogP contribution is 2.42. The van der Waals surface area contributed by atoms with Crippen LogP contribution in [0.15, 0.2) is 0 Å². The number of hydrogen-bond donors (Lipinski definition) is 1. The molecule has 6 heteroatoms. The smallest absolute Gasteiger partial charge is 0.222 e. The van der Waals surface area contributed by atoms with Crippen molar-refractivity contribution in [3.63, 3.8) is 0 Å². The molecule has 2 atom stereocenters. The minimum absolute atomic E-state index is 0.0647. The van der Waals surface area contributed by atoms with Crippen molar-refractivity contribution in [3.05, 3.63) is 0 Å². The summed E-state index contributed by atoms with van der Waals surface area (Å²) in [5.41, 5.74) is 5.45. The van der Waals surface area contributed by atoms with Crippen LogP contribution in [0.1, 0.15) is 32.6 Å². The molecule has 2 heterocycles. The molecule has 104 valence electrons. The van der Waals surface area contributed by atoms with Crippen LogP contribution in [0, 0.1) is 5.41 Å². The fourth-order valence-corrected chi connectivity index (χ4v) is 5.59. The number of nitrogens with two attached hydrogens (primary N) is 1. The highest BCUT2D eigenvalue weighted by Gasteiger charge is 2.54. The lowest BCUT2D eigenvalue weighted by molar-refractivity contribution is -0.130. The maximum Gasteiger partial charge on any atom is 0.222 e. The quantitative estimate of drug-likeness (QED) is 0.794. The van der Waals surface area contributed by atoms with Gasteiger partial charge in [-0.2, -0.15) is 0 Å². The van der Waals surface area contributed by atoms with E-state index in [4.69, 9.17) is 5.73 Å². The van der Waals surface area contributed by atoms with E-state index in [1.807, 2.05) is 6.92 Å². The van der Waals surface area contributed by atoms with E-state index < -0.39 is 15.1 Å². The monoisotopic (exact) mass is 274 g/mol. The second kappa shape index (κ2) is 4.81. The molecule has 2 rings (SSSR count). The summed E-state index contributed by atoms with van der Waals surface area (Å²) in [6.45, 7) is 3.17. The Morgan fingerprint density at radius 3 is 2.78 bits per heavy atom. The Balaban J connectivity index is 2.24. The number of nitrogens with zero attached hydrogens (tertiary/aromatic N) is 1. The molecular weight excluding hydrogens is 252 g/mol. The lowest BCUT2D eigenvalue weighted by Crippen LogP contribution is -2.49. The highest BCUT2D eigenvalue weighted by atomic mass is 32.2. The van der Waals surface area contributed by atoms with Gasteiger partial charge in [0.05, 0.1) is 11.0 Å². The third-order valence-corrected chi connectivity index (χ3v) is 6.71. The number of hydrogen-bond acceptors (Lipinski definition) is 4. The number of rotatable bonds is 3. The maximum absolute atomic E-state index is 12.2. The SMILES string of the molecule is CCCC(=O)N1CC2C(CN)(CCCS2(=O)=O)C1. The molecule has 0 aromatic rings. The average Bonchev–Trinajstić information content (AvgIpc) is 2.71. The van der Waals surface area contributed by atoms with Gasteiger partial charge in [0.15, 0.2) is 9.84 Å². The van der Waals surface area contributed by atoms with Crippen molar-refractivity contribution >= 4 is 15.7 Å². The van der Waals surface area contributed by atoms with Crippen molar-refractivity contribution in [2.45, 2.75) is 37.9 Å². The lowest BCUT2D eigenvalue weighted by atomic mass is 9.82. The number of carbonyl (C=O) groups is 1. The van der Waals surface area contributed by atoms with Gasteiger partial charge < -0.3 is 10.6 Å². The van der Waals surface area contributed by atoms with Crippen LogP contribution in [0.25, 0.3) is 0 Å². The molecule has 0 saturated carbocycles. The number of carbonyl (C=O) groups excluding carboxylic acids is 1. The number of likely N-dealkylation sites (tertiary alicyclic amines) is 1. The van der Waals surface area contributed by atoms with E-state index in [0.717, 1.165) is 12.8 Å². The molecule has 2 N–H and O–H groups in total. The first-order valence-electron chi connectivity index (χ1n) is 6.64. The summed E-state index contributed by atoms with van der Waals surface area (Å²) in [6, 6.07) is 0. The third-order valence-electron chi connectivity index (χ3n) is 4.34. The molecule has 5 nitrogen and oxygen atoms in total.